The lowest BCUT2D eigenvalue weighted by Gasteiger charge is -2.23. The Bertz CT molecular complexity index is 641. The van der Waals surface area contributed by atoms with Gasteiger partial charge < -0.3 is 21.2 Å². The van der Waals surface area contributed by atoms with Gasteiger partial charge in [-0.05, 0) is 50.3 Å². The maximum absolute atomic E-state index is 12.2. The van der Waals surface area contributed by atoms with Crippen molar-refractivity contribution in [3.05, 3.63) is 35.4 Å². The number of hydroxylamine groups is 1. The number of amides is 1. The molecule has 0 saturated carbocycles. The van der Waals surface area contributed by atoms with Gasteiger partial charge in [0.05, 0.1) is 6.04 Å². The molecular weight excluding hydrogens is 346 g/mol. The third-order valence-corrected chi connectivity index (χ3v) is 4.69. The molecule has 1 amide bonds. The average molecular weight is 375 g/mol. The highest BCUT2D eigenvalue weighted by molar-refractivity contribution is 5.96. The Kier molecular flexibility index (Phi) is 8.22. The SMILES string of the molecule is CC(=O)ONC(=N)c1ccc(CNC(=O)[C@@H](N)CCC2CCNCC2)cc1. The van der Waals surface area contributed by atoms with Crippen molar-refractivity contribution in [1.29, 1.82) is 5.41 Å². The molecule has 0 unspecified atom stereocenters. The van der Waals surface area contributed by atoms with Crippen LogP contribution in [0.5, 0.6) is 0 Å². The summed E-state index contributed by atoms with van der Waals surface area (Å²) in [5.41, 5.74) is 9.76. The molecule has 1 aliphatic heterocycles. The Balaban J connectivity index is 1.72. The number of amidine groups is 1. The summed E-state index contributed by atoms with van der Waals surface area (Å²) in [5.74, 6) is -0.0119. The van der Waals surface area contributed by atoms with E-state index in [2.05, 4.69) is 21.0 Å². The summed E-state index contributed by atoms with van der Waals surface area (Å²) < 4.78 is 0. The van der Waals surface area contributed by atoms with E-state index in [0.717, 1.165) is 37.9 Å². The van der Waals surface area contributed by atoms with Gasteiger partial charge in [-0.2, -0.15) is 0 Å². The first kappa shape index (κ1) is 20.9. The Hall–Kier alpha value is -2.45. The van der Waals surface area contributed by atoms with E-state index in [1.54, 1.807) is 24.3 Å². The molecule has 0 aromatic heterocycles. The lowest BCUT2D eigenvalue weighted by Crippen LogP contribution is -2.40. The maximum Gasteiger partial charge on any atom is 0.329 e. The molecule has 8 nitrogen and oxygen atoms in total. The van der Waals surface area contributed by atoms with E-state index in [0.29, 0.717) is 24.4 Å². The van der Waals surface area contributed by atoms with E-state index >= 15 is 0 Å². The van der Waals surface area contributed by atoms with Gasteiger partial charge in [-0.1, -0.05) is 24.3 Å². The lowest BCUT2D eigenvalue weighted by atomic mass is 9.91. The highest BCUT2D eigenvalue weighted by atomic mass is 16.7. The minimum Gasteiger partial charge on any atom is -0.351 e. The monoisotopic (exact) mass is 375 g/mol. The second-order valence-corrected chi connectivity index (χ2v) is 6.86. The first-order valence-electron chi connectivity index (χ1n) is 9.31. The summed E-state index contributed by atoms with van der Waals surface area (Å²) in [6.45, 7) is 3.74. The van der Waals surface area contributed by atoms with Crippen LogP contribution in [0, 0.1) is 11.3 Å². The molecule has 8 heteroatoms. The zero-order valence-electron chi connectivity index (χ0n) is 15.7. The minimum atomic E-state index is -0.518. The molecule has 1 fully saturated rings. The van der Waals surface area contributed by atoms with Crippen LogP contribution in [0.3, 0.4) is 0 Å². The standard InChI is InChI=1S/C19H29N5O3/c1-13(25)27-24-18(21)16-5-2-15(3-6-16)12-23-19(26)17(20)7-4-14-8-10-22-11-9-14/h2-3,5-6,14,17,22H,4,7-12,20H2,1H3,(H2,21,24)(H,23,26)/t17-/m0/s1. The molecule has 0 radical (unpaired) electrons. The number of carbonyl (C=O) groups excluding carboxylic acids is 2. The summed E-state index contributed by atoms with van der Waals surface area (Å²) >= 11 is 0. The first-order chi connectivity index (χ1) is 13.0. The van der Waals surface area contributed by atoms with E-state index in [4.69, 9.17) is 11.1 Å². The van der Waals surface area contributed by atoms with Crippen LogP contribution >= 0.6 is 0 Å². The third kappa shape index (κ3) is 7.36. The smallest absolute Gasteiger partial charge is 0.329 e. The Morgan fingerprint density at radius 1 is 1.30 bits per heavy atom. The highest BCUT2D eigenvalue weighted by Crippen LogP contribution is 2.18. The second kappa shape index (κ2) is 10.6. The molecule has 0 bridgehead atoms. The molecule has 1 aromatic carbocycles. The summed E-state index contributed by atoms with van der Waals surface area (Å²) in [4.78, 5) is 27.5. The quantitative estimate of drug-likeness (QED) is 0.272. The zero-order valence-corrected chi connectivity index (χ0v) is 15.7. The van der Waals surface area contributed by atoms with Crippen LogP contribution in [0.15, 0.2) is 24.3 Å². The van der Waals surface area contributed by atoms with Crippen molar-refractivity contribution in [2.45, 2.75) is 45.2 Å². The molecule has 6 N–H and O–H groups in total. The number of hydrogen-bond acceptors (Lipinski definition) is 6. The van der Waals surface area contributed by atoms with E-state index < -0.39 is 12.0 Å². The molecule has 0 spiro atoms. The van der Waals surface area contributed by atoms with Crippen molar-refractivity contribution in [3.8, 4) is 0 Å². The fraction of sp³-hybridized carbons (Fsp3) is 0.526. The summed E-state index contributed by atoms with van der Waals surface area (Å²) in [7, 11) is 0. The van der Waals surface area contributed by atoms with E-state index in [1.807, 2.05) is 0 Å². The van der Waals surface area contributed by atoms with Crippen molar-refractivity contribution >= 4 is 17.7 Å². The van der Waals surface area contributed by atoms with Crippen LogP contribution in [-0.2, 0) is 21.0 Å². The normalized spacial score (nSPS) is 15.6. The third-order valence-electron chi connectivity index (χ3n) is 4.69. The second-order valence-electron chi connectivity index (χ2n) is 6.86. The van der Waals surface area contributed by atoms with Gasteiger partial charge in [-0.25, -0.2) is 5.48 Å². The van der Waals surface area contributed by atoms with Gasteiger partial charge in [0.1, 0.15) is 0 Å². The molecule has 27 heavy (non-hydrogen) atoms. The fourth-order valence-electron chi connectivity index (χ4n) is 3.01. The van der Waals surface area contributed by atoms with Crippen LogP contribution in [0.1, 0.15) is 43.7 Å². The molecule has 1 atom stereocenters. The summed E-state index contributed by atoms with van der Waals surface area (Å²) in [6, 6.07) is 6.56. The Morgan fingerprint density at radius 2 is 1.96 bits per heavy atom. The molecule has 1 saturated heterocycles. The Morgan fingerprint density at radius 3 is 2.59 bits per heavy atom. The van der Waals surface area contributed by atoms with Gasteiger partial charge >= 0.3 is 5.97 Å². The number of carbonyl (C=O) groups is 2. The van der Waals surface area contributed by atoms with Crippen LogP contribution in [0.2, 0.25) is 0 Å². The predicted octanol–water partition coefficient (Wildman–Crippen LogP) is 0.803. The highest BCUT2D eigenvalue weighted by Gasteiger charge is 2.18. The van der Waals surface area contributed by atoms with Crippen LogP contribution in [0.25, 0.3) is 0 Å². The maximum atomic E-state index is 12.2. The minimum absolute atomic E-state index is 0.0132. The first-order valence-corrected chi connectivity index (χ1v) is 9.31. The van der Waals surface area contributed by atoms with Gasteiger partial charge in [-0.3, -0.25) is 15.0 Å². The number of benzene rings is 1. The van der Waals surface area contributed by atoms with Crippen LogP contribution in [-0.4, -0.2) is 36.8 Å². The average Bonchev–Trinajstić information content (AvgIpc) is 2.69. The van der Waals surface area contributed by atoms with E-state index in [-0.39, 0.29) is 11.7 Å². The number of nitrogens with two attached hydrogens (primary N) is 1. The number of nitrogens with one attached hydrogen (secondary N) is 4. The molecule has 2 rings (SSSR count). The topological polar surface area (TPSA) is 129 Å². The lowest BCUT2D eigenvalue weighted by molar-refractivity contribution is -0.145. The number of hydrogen-bond donors (Lipinski definition) is 5. The number of piperidine rings is 1. The van der Waals surface area contributed by atoms with Crippen LogP contribution < -0.4 is 21.8 Å². The van der Waals surface area contributed by atoms with Crippen LogP contribution in [0.4, 0.5) is 0 Å². The summed E-state index contributed by atoms with van der Waals surface area (Å²) in [5, 5.41) is 14.0. The largest absolute Gasteiger partial charge is 0.351 e. The molecule has 1 aromatic rings. The van der Waals surface area contributed by atoms with Crippen molar-refractivity contribution in [3.63, 3.8) is 0 Å². The van der Waals surface area contributed by atoms with Gasteiger partial charge in [-0.15, -0.1) is 0 Å². The summed E-state index contributed by atoms with van der Waals surface area (Å²) in [6.07, 6.45) is 4.00. The predicted molar refractivity (Wildman–Crippen MR) is 103 cm³/mol. The Labute approximate surface area is 159 Å². The van der Waals surface area contributed by atoms with E-state index in [1.165, 1.54) is 6.92 Å². The molecular formula is C19H29N5O3. The van der Waals surface area contributed by atoms with Crippen molar-refractivity contribution in [2.24, 2.45) is 11.7 Å². The van der Waals surface area contributed by atoms with Gasteiger partial charge in [0.2, 0.25) is 5.91 Å². The van der Waals surface area contributed by atoms with Gasteiger partial charge in [0.15, 0.2) is 5.84 Å². The molecule has 1 heterocycles. The van der Waals surface area contributed by atoms with E-state index in [9.17, 15) is 9.59 Å². The molecule has 0 aliphatic carbocycles. The number of rotatable bonds is 7. The van der Waals surface area contributed by atoms with Crippen molar-refractivity contribution in [1.82, 2.24) is 16.1 Å². The fourth-order valence-corrected chi connectivity index (χ4v) is 3.01. The molecule has 148 valence electrons. The molecule has 1 aliphatic rings. The van der Waals surface area contributed by atoms with Crippen molar-refractivity contribution in [2.75, 3.05) is 13.1 Å². The van der Waals surface area contributed by atoms with Gasteiger partial charge in [0, 0.05) is 19.0 Å². The van der Waals surface area contributed by atoms with Crippen molar-refractivity contribution < 1.29 is 14.4 Å². The zero-order chi connectivity index (χ0) is 19.6. The van der Waals surface area contributed by atoms with Gasteiger partial charge in [0.25, 0.3) is 0 Å².